The molecule has 200 valence electrons. The number of aliphatic carboxylic acids is 1. The van der Waals surface area contributed by atoms with Gasteiger partial charge in [0.05, 0.1) is 4.99 Å². The first-order chi connectivity index (χ1) is 18.0. The van der Waals surface area contributed by atoms with Crippen molar-refractivity contribution in [1.82, 2.24) is 15.2 Å². The van der Waals surface area contributed by atoms with Crippen LogP contribution in [0.25, 0.3) is 0 Å². The van der Waals surface area contributed by atoms with Crippen LogP contribution in [0, 0.1) is 0 Å². The maximum atomic E-state index is 13.0. The number of pyridine rings is 2. The number of nitrogens with zero attached hydrogens (tertiary/aromatic N) is 3. The molecule has 0 radical (unpaired) electrons. The van der Waals surface area contributed by atoms with Crippen molar-refractivity contribution in [2.75, 3.05) is 11.5 Å². The number of aliphatic hydroxyl groups is 1. The third-order valence-electron chi connectivity index (χ3n) is 5.53. The zero-order valence-corrected chi connectivity index (χ0v) is 23.9. The summed E-state index contributed by atoms with van der Waals surface area (Å²) < 4.78 is 22.7. The highest BCUT2D eigenvalue weighted by atomic mass is 35.5. The molecule has 3 atom stereocenters. The molecule has 2 aliphatic rings. The molecule has 1 amide bonds. The van der Waals surface area contributed by atoms with Crippen molar-refractivity contribution in [3.63, 3.8) is 0 Å². The molecule has 2 aliphatic heterocycles. The van der Waals surface area contributed by atoms with Gasteiger partial charge in [-0.3, -0.25) is 9.69 Å². The van der Waals surface area contributed by atoms with E-state index >= 15 is 0 Å². The van der Waals surface area contributed by atoms with Gasteiger partial charge in [0.15, 0.2) is 12.4 Å². The van der Waals surface area contributed by atoms with Gasteiger partial charge < -0.3 is 15.5 Å². The first kappa shape index (κ1) is 28.8. The Hall–Kier alpha value is -2.20. The molecule has 10 nitrogen and oxygen atoms in total. The minimum Gasteiger partial charge on any atom is -0.477 e. The van der Waals surface area contributed by atoms with Crippen LogP contribution in [0.4, 0.5) is 0 Å². The first-order valence-electron chi connectivity index (χ1n) is 10.8. The summed E-state index contributed by atoms with van der Waals surface area (Å²) in [5.41, 5.74) is 1.31. The minimum atomic E-state index is -2.51. The van der Waals surface area contributed by atoms with Crippen LogP contribution >= 0.6 is 58.9 Å². The number of carboxylic acids is 1. The van der Waals surface area contributed by atoms with Gasteiger partial charge in [-0.1, -0.05) is 35.4 Å². The zero-order chi connectivity index (χ0) is 27.6. The fourth-order valence-electron chi connectivity index (χ4n) is 3.86. The van der Waals surface area contributed by atoms with Crippen LogP contribution in [0.2, 0.25) is 10.3 Å². The topological polar surface area (TPSA) is 141 Å². The summed E-state index contributed by atoms with van der Waals surface area (Å²) in [5.74, 6) is -0.818. The number of thioether (sulfide) groups is 2. The number of halogens is 2. The van der Waals surface area contributed by atoms with Crippen molar-refractivity contribution in [2.24, 2.45) is 0 Å². The van der Waals surface area contributed by atoms with Gasteiger partial charge in [-0.2, -0.15) is 13.0 Å². The Morgan fingerprint density at radius 3 is 2.61 bits per heavy atom. The van der Waals surface area contributed by atoms with E-state index in [9.17, 15) is 28.2 Å². The standard InChI is InChI=1S/C22H18Cl2N4O6S4/c23-14-5-11(6-15(24)25-14)7-16(35)26-18-20(30)28-19(22(31)32)12(9-37-21(18)28)8-36-13-1-3-27(4-2-13)17(29)10-38(33)34/h1-6,10,17-18,21,29H,7-9H2,(H-,26,31,32,35)/p+1/t17?,18-,21+/m0/s1. The first-order valence-corrected chi connectivity index (χ1v) is 15.1. The number of nitrogens with one attached hydrogen (secondary N) is 1. The maximum absolute atomic E-state index is 13.0. The Morgan fingerprint density at radius 2 is 2.00 bits per heavy atom. The molecule has 0 aromatic carbocycles. The molecule has 2 aromatic heterocycles. The van der Waals surface area contributed by atoms with E-state index in [0.29, 0.717) is 28.5 Å². The van der Waals surface area contributed by atoms with Crippen LogP contribution in [0.1, 0.15) is 11.8 Å². The molecule has 4 heterocycles. The molecule has 0 saturated carbocycles. The summed E-state index contributed by atoms with van der Waals surface area (Å²) in [6.07, 6.45) is 2.00. The van der Waals surface area contributed by atoms with E-state index in [-0.39, 0.29) is 21.9 Å². The molecular weight excluding hydrogens is 615 g/mol. The lowest BCUT2D eigenvalue weighted by Crippen LogP contribution is -2.70. The number of carboxylic acid groups (broad SMARTS) is 1. The lowest BCUT2D eigenvalue weighted by Gasteiger charge is -2.49. The Balaban J connectivity index is 1.41. The van der Waals surface area contributed by atoms with Gasteiger partial charge >= 0.3 is 5.97 Å². The van der Waals surface area contributed by atoms with E-state index in [1.54, 1.807) is 24.3 Å². The van der Waals surface area contributed by atoms with Crippen LogP contribution in [0.5, 0.6) is 0 Å². The fraction of sp³-hybridized carbons (Fsp3) is 0.273. The molecule has 1 unspecified atom stereocenters. The summed E-state index contributed by atoms with van der Waals surface area (Å²) in [7, 11) is -2.51. The van der Waals surface area contributed by atoms with Crippen LogP contribution in [0.3, 0.4) is 0 Å². The van der Waals surface area contributed by atoms with Crippen molar-refractivity contribution in [3.05, 3.63) is 63.8 Å². The molecule has 2 aromatic rings. The number of hydrogen-bond donors (Lipinski definition) is 3. The number of aromatic nitrogens is 2. The van der Waals surface area contributed by atoms with Crippen LogP contribution in [-0.2, 0) is 26.3 Å². The summed E-state index contributed by atoms with van der Waals surface area (Å²) in [4.78, 5) is 31.4. The number of rotatable bonds is 9. The third-order valence-corrected chi connectivity index (χ3v) is 9.08. The van der Waals surface area contributed by atoms with Gasteiger partial charge in [0.1, 0.15) is 32.8 Å². The molecule has 0 aliphatic carbocycles. The number of amides is 1. The lowest BCUT2D eigenvalue weighted by molar-refractivity contribution is -0.739. The molecule has 16 heteroatoms. The molecule has 1 fully saturated rings. The number of hydrogen-bond acceptors (Lipinski definition) is 9. The van der Waals surface area contributed by atoms with Crippen LogP contribution in [-0.4, -0.2) is 73.7 Å². The Kier molecular flexibility index (Phi) is 9.34. The van der Waals surface area contributed by atoms with Crippen molar-refractivity contribution < 1.29 is 32.8 Å². The Bertz CT molecular complexity index is 1440. The van der Waals surface area contributed by atoms with Gasteiger partial charge in [0.2, 0.25) is 10.3 Å². The predicted octanol–water partition coefficient (Wildman–Crippen LogP) is 1.72. The van der Waals surface area contributed by atoms with Crippen LogP contribution in [0.15, 0.2) is 52.8 Å². The number of β-lactam (4-membered cyclic amide) rings is 1. The van der Waals surface area contributed by atoms with Crippen molar-refractivity contribution in [3.8, 4) is 0 Å². The Labute approximate surface area is 242 Å². The van der Waals surface area contributed by atoms with Crippen molar-refractivity contribution >= 4 is 91.5 Å². The summed E-state index contributed by atoms with van der Waals surface area (Å²) >= 11 is 20.1. The van der Waals surface area contributed by atoms with Gasteiger partial charge in [-0.15, -0.1) is 23.5 Å². The van der Waals surface area contributed by atoms with Gasteiger partial charge in [0, 0.05) is 35.0 Å². The monoisotopic (exact) mass is 633 g/mol. The number of carbonyl (C=O) groups excluding carboxylic acids is 1. The van der Waals surface area contributed by atoms with E-state index in [2.05, 4.69) is 10.3 Å². The zero-order valence-electron chi connectivity index (χ0n) is 19.2. The normalized spacial score (nSPS) is 19.3. The van der Waals surface area contributed by atoms with Gasteiger partial charge in [-0.25, -0.2) is 9.78 Å². The lowest BCUT2D eigenvalue weighted by atomic mass is 10.0. The van der Waals surface area contributed by atoms with Gasteiger partial charge in [0.25, 0.3) is 12.1 Å². The quantitative estimate of drug-likeness (QED) is 0.122. The third kappa shape index (κ3) is 6.68. The second-order valence-electron chi connectivity index (χ2n) is 8.09. The highest BCUT2D eigenvalue weighted by Gasteiger charge is 2.53. The van der Waals surface area contributed by atoms with Crippen molar-refractivity contribution in [2.45, 2.75) is 29.0 Å². The summed E-state index contributed by atoms with van der Waals surface area (Å²) in [6.45, 7) is 0. The second kappa shape index (κ2) is 12.3. The summed E-state index contributed by atoms with van der Waals surface area (Å²) in [6, 6.07) is 5.95. The minimum absolute atomic E-state index is 0.0307. The van der Waals surface area contributed by atoms with E-state index in [1.165, 1.54) is 45.4 Å². The number of aliphatic hydroxyl groups excluding tert-OH is 1. The highest BCUT2D eigenvalue weighted by molar-refractivity contribution is 8.01. The molecule has 0 spiro atoms. The molecule has 1 saturated heterocycles. The van der Waals surface area contributed by atoms with Crippen molar-refractivity contribution in [1.29, 1.82) is 0 Å². The summed E-state index contributed by atoms with van der Waals surface area (Å²) in [5, 5.41) is 23.6. The number of thiocarbonyl (C=S) groups is 1. The molecule has 38 heavy (non-hydrogen) atoms. The largest absolute Gasteiger partial charge is 0.477 e. The SMILES string of the molecule is O=C(O)C1=C(CSc2cc[n+](C(O)C=S(=O)=O)cc2)CS[C@@H]2[C@@H](NC(=S)Cc3cc(Cl)nc(Cl)c3)C(=O)N12. The number of fused-ring (bicyclic) bond motifs is 1. The van der Waals surface area contributed by atoms with E-state index in [4.69, 9.17) is 35.4 Å². The van der Waals surface area contributed by atoms with E-state index in [0.717, 1.165) is 15.8 Å². The number of carbonyl (C=O) groups is 2. The Morgan fingerprint density at radius 1 is 1.34 bits per heavy atom. The predicted molar refractivity (Wildman–Crippen MR) is 149 cm³/mol. The van der Waals surface area contributed by atoms with E-state index < -0.39 is 33.9 Å². The fourth-order valence-corrected chi connectivity index (χ4v) is 7.37. The van der Waals surface area contributed by atoms with E-state index in [1.807, 2.05) is 0 Å². The molecule has 0 bridgehead atoms. The van der Waals surface area contributed by atoms with Gasteiger partial charge in [-0.05, 0) is 23.3 Å². The van der Waals surface area contributed by atoms with Crippen LogP contribution < -0.4 is 9.88 Å². The highest BCUT2D eigenvalue weighted by Crippen LogP contribution is 2.41. The average molecular weight is 635 g/mol. The molecule has 4 rings (SSSR count). The second-order valence-corrected chi connectivity index (χ2v) is 12.3. The molecular formula is C22H19Cl2N4O6S4+. The molecule has 3 N–H and O–H groups in total. The average Bonchev–Trinajstić information content (AvgIpc) is 2.84. The maximum Gasteiger partial charge on any atom is 0.352 e. The smallest absolute Gasteiger partial charge is 0.352 e.